The van der Waals surface area contributed by atoms with Crippen LogP contribution in [0.4, 0.5) is 0 Å². The fourth-order valence-corrected chi connectivity index (χ4v) is 2.00. The Hall–Kier alpha value is -1.87. The molecule has 94 valence electrons. The number of aliphatic hydroxyl groups is 1. The average Bonchev–Trinajstić information content (AvgIpc) is 2.38. The van der Waals surface area contributed by atoms with Crippen LogP contribution in [0.1, 0.15) is 28.5 Å². The molecule has 1 aromatic carbocycles. The summed E-state index contributed by atoms with van der Waals surface area (Å²) in [6.07, 6.45) is 0.925. The minimum absolute atomic E-state index is 0.668. The molecule has 2 rings (SSSR count). The standard InChI is InChI=1S/C15H17NO2/c1-10-6-7-13(18-3)12(9-10)15(17)14-11(2)5-4-8-16-14/h4-9,15,17H,1-3H3. The quantitative estimate of drug-likeness (QED) is 0.901. The highest BCUT2D eigenvalue weighted by molar-refractivity contribution is 5.42. The summed E-state index contributed by atoms with van der Waals surface area (Å²) >= 11 is 0. The number of aromatic nitrogens is 1. The predicted molar refractivity (Wildman–Crippen MR) is 70.8 cm³/mol. The molecule has 1 atom stereocenters. The molecule has 18 heavy (non-hydrogen) atoms. The summed E-state index contributed by atoms with van der Waals surface area (Å²) in [5.41, 5.74) is 3.47. The summed E-state index contributed by atoms with van der Waals surface area (Å²) < 4.78 is 5.30. The predicted octanol–water partition coefficient (Wildman–Crippen LogP) is 2.79. The topological polar surface area (TPSA) is 42.4 Å². The Balaban J connectivity index is 2.48. The first-order valence-electron chi connectivity index (χ1n) is 5.87. The monoisotopic (exact) mass is 243 g/mol. The number of aryl methyl sites for hydroxylation is 2. The van der Waals surface area contributed by atoms with Crippen LogP contribution < -0.4 is 4.74 Å². The third-order valence-electron chi connectivity index (χ3n) is 2.99. The highest BCUT2D eigenvalue weighted by atomic mass is 16.5. The second-order valence-corrected chi connectivity index (χ2v) is 4.35. The highest BCUT2D eigenvalue weighted by Crippen LogP contribution is 2.30. The molecule has 0 fully saturated rings. The largest absolute Gasteiger partial charge is 0.496 e. The van der Waals surface area contributed by atoms with Gasteiger partial charge in [-0.25, -0.2) is 0 Å². The summed E-state index contributed by atoms with van der Waals surface area (Å²) in [5, 5.41) is 10.5. The van der Waals surface area contributed by atoms with E-state index < -0.39 is 6.10 Å². The molecule has 0 aliphatic rings. The van der Waals surface area contributed by atoms with Crippen molar-refractivity contribution in [2.75, 3.05) is 7.11 Å². The fraction of sp³-hybridized carbons (Fsp3) is 0.267. The molecule has 1 aromatic heterocycles. The molecule has 1 N–H and O–H groups in total. The Bertz CT molecular complexity index is 552. The Kier molecular flexibility index (Phi) is 3.63. The molecule has 1 heterocycles. The number of rotatable bonds is 3. The minimum Gasteiger partial charge on any atom is -0.496 e. The number of nitrogens with zero attached hydrogens (tertiary/aromatic N) is 1. The van der Waals surface area contributed by atoms with E-state index >= 15 is 0 Å². The van der Waals surface area contributed by atoms with Gasteiger partial charge in [-0.05, 0) is 37.6 Å². The first kappa shape index (κ1) is 12.6. The van der Waals surface area contributed by atoms with Gasteiger partial charge in [0.15, 0.2) is 0 Å². The van der Waals surface area contributed by atoms with Gasteiger partial charge in [-0.1, -0.05) is 17.7 Å². The van der Waals surface area contributed by atoms with Gasteiger partial charge in [0.05, 0.1) is 12.8 Å². The average molecular weight is 243 g/mol. The van der Waals surface area contributed by atoms with E-state index in [0.29, 0.717) is 11.4 Å². The van der Waals surface area contributed by atoms with E-state index in [2.05, 4.69) is 4.98 Å². The van der Waals surface area contributed by atoms with Crippen molar-refractivity contribution in [1.82, 2.24) is 4.98 Å². The van der Waals surface area contributed by atoms with Crippen LogP contribution >= 0.6 is 0 Å². The molecule has 0 spiro atoms. The van der Waals surface area contributed by atoms with Crippen LogP contribution in [0.25, 0.3) is 0 Å². The Morgan fingerprint density at radius 1 is 1.22 bits per heavy atom. The molecule has 0 saturated carbocycles. The van der Waals surface area contributed by atoms with Crippen LogP contribution in [-0.2, 0) is 0 Å². The molecule has 2 aromatic rings. The zero-order valence-corrected chi connectivity index (χ0v) is 10.8. The number of methoxy groups -OCH3 is 1. The fourth-order valence-electron chi connectivity index (χ4n) is 2.00. The van der Waals surface area contributed by atoms with Gasteiger partial charge in [0.25, 0.3) is 0 Å². The SMILES string of the molecule is COc1ccc(C)cc1C(O)c1ncccc1C. The van der Waals surface area contributed by atoms with Gasteiger partial charge in [0.2, 0.25) is 0 Å². The third kappa shape index (κ3) is 2.36. The molecule has 0 bridgehead atoms. The summed E-state index contributed by atoms with van der Waals surface area (Å²) in [6, 6.07) is 9.55. The summed E-state index contributed by atoms with van der Waals surface area (Å²) in [4.78, 5) is 4.25. The lowest BCUT2D eigenvalue weighted by atomic mass is 10.00. The van der Waals surface area contributed by atoms with E-state index in [9.17, 15) is 5.11 Å². The third-order valence-corrected chi connectivity index (χ3v) is 2.99. The molecule has 3 nitrogen and oxygen atoms in total. The van der Waals surface area contributed by atoms with Crippen molar-refractivity contribution in [3.8, 4) is 5.75 Å². The van der Waals surface area contributed by atoms with Crippen molar-refractivity contribution in [2.24, 2.45) is 0 Å². The van der Waals surface area contributed by atoms with Gasteiger partial charge in [0.1, 0.15) is 11.9 Å². The normalized spacial score (nSPS) is 12.2. The lowest BCUT2D eigenvalue weighted by Crippen LogP contribution is -2.06. The first-order valence-corrected chi connectivity index (χ1v) is 5.87. The summed E-state index contributed by atoms with van der Waals surface area (Å²) in [7, 11) is 1.60. The molecule has 0 radical (unpaired) electrons. The second-order valence-electron chi connectivity index (χ2n) is 4.35. The van der Waals surface area contributed by atoms with Gasteiger partial charge < -0.3 is 9.84 Å². The molecule has 1 unspecified atom stereocenters. The maximum absolute atomic E-state index is 10.5. The van der Waals surface area contributed by atoms with Crippen molar-refractivity contribution >= 4 is 0 Å². The van der Waals surface area contributed by atoms with Crippen LogP contribution in [0.5, 0.6) is 5.75 Å². The smallest absolute Gasteiger partial charge is 0.125 e. The van der Waals surface area contributed by atoms with Crippen molar-refractivity contribution in [3.63, 3.8) is 0 Å². The Morgan fingerprint density at radius 3 is 2.67 bits per heavy atom. The zero-order chi connectivity index (χ0) is 13.1. The van der Waals surface area contributed by atoms with Crippen LogP contribution in [0.3, 0.4) is 0 Å². The first-order chi connectivity index (χ1) is 8.63. The molecular weight excluding hydrogens is 226 g/mol. The minimum atomic E-state index is -0.763. The van der Waals surface area contributed by atoms with Gasteiger partial charge >= 0.3 is 0 Å². The molecule has 0 amide bonds. The van der Waals surface area contributed by atoms with E-state index in [1.54, 1.807) is 13.3 Å². The van der Waals surface area contributed by atoms with Crippen LogP contribution in [0.2, 0.25) is 0 Å². The number of ether oxygens (including phenoxy) is 1. The van der Waals surface area contributed by atoms with Crippen molar-refractivity contribution in [3.05, 3.63) is 58.9 Å². The van der Waals surface area contributed by atoms with Gasteiger partial charge in [-0.15, -0.1) is 0 Å². The van der Waals surface area contributed by atoms with Crippen LogP contribution in [-0.4, -0.2) is 17.2 Å². The van der Waals surface area contributed by atoms with Crippen LogP contribution in [0.15, 0.2) is 36.5 Å². The summed E-state index contributed by atoms with van der Waals surface area (Å²) in [6.45, 7) is 3.93. The maximum Gasteiger partial charge on any atom is 0.125 e. The van der Waals surface area contributed by atoms with E-state index in [0.717, 1.165) is 16.7 Å². The highest BCUT2D eigenvalue weighted by Gasteiger charge is 2.18. The number of hydrogen-bond acceptors (Lipinski definition) is 3. The number of benzene rings is 1. The zero-order valence-electron chi connectivity index (χ0n) is 10.8. The Morgan fingerprint density at radius 2 is 2.00 bits per heavy atom. The molecular formula is C15H17NO2. The molecule has 0 aliphatic heterocycles. The number of pyridine rings is 1. The van der Waals surface area contributed by atoms with Crippen molar-refractivity contribution < 1.29 is 9.84 Å². The van der Waals surface area contributed by atoms with Gasteiger partial charge in [-0.3, -0.25) is 4.98 Å². The van der Waals surface area contributed by atoms with Gasteiger partial charge in [0, 0.05) is 11.8 Å². The van der Waals surface area contributed by atoms with Crippen molar-refractivity contribution in [2.45, 2.75) is 20.0 Å². The number of hydrogen-bond donors (Lipinski definition) is 1. The van der Waals surface area contributed by atoms with E-state index in [1.165, 1.54) is 0 Å². The summed E-state index contributed by atoms with van der Waals surface area (Å²) in [5.74, 6) is 0.679. The van der Waals surface area contributed by atoms with E-state index in [-0.39, 0.29) is 0 Å². The molecule has 0 saturated heterocycles. The van der Waals surface area contributed by atoms with Crippen molar-refractivity contribution in [1.29, 1.82) is 0 Å². The lowest BCUT2D eigenvalue weighted by molar-refractivity contribution is 0.209. The van der Waals surface area contributed by atoms with Crippen LogP contribution in [0, 0.1) is 13.8 Å². The van der Waals surface area contributed by atoms with Gasteiger partial charge in [-0.2, -0.15) is 0 Å². The second kappa shape index (κ2) is 5.19. The van der Waals surface area contributed by atoms with E-state index in [1.807, 2.05) is 44.2 Å². The molecule has 0 aliphatic carbocycles. The molecule has 3 heteroatoms. The lowest BCUT2D eigenvalue weighted by Gasteiger charge is -2.16. The maximum atomic E-state index is 10.5. The van der Waals surface area contributed by atoms with E-state index in [4.69, 9.17) is 4.74 Å². The number of aliphatic hydroxyl groups excluding tert-OH is 1. The Labute approximate surface area is 107 Å².